The minimum absolute atomic E-state index is 0. The summed E-state index contributed by atoms with van der Waals surface area (Å²) < 4.78 is 1.70. The van der Waals surface area contributed by atoms with Crippen LogP contribution in [-0.4, -0.2) is 47.5 Å². The predicted molar refractivity (Wildman–Crippen MR) is 176 cm³/mol. The van der Waals surface area contributed by atoms with Gasteiger partial charge in [0.2, 0.25) is 0 Å². The van der Waals surface area contributed by atoms with Crippen molar-refractivity contribution in [3.63, 3.8) is 0 Å². The summed E-state index contributed by atoms with van der Waals surface area (Å²) in [6, 6.07) is 20.5. The molecule has 2 radical (unpaired) electrons. The zero-order valence-electron chi connectivity index (χ0n) is 26.8. The summed E-state index contributed by atoms with van der Waals surface area (Å²) in [6.45, 7) is 36.5. The van der Waals surface area contributed by atoms with Crippen LogP contribution in [0.2, 0.25) is 85.6 Å². The molecular weight excluding hydrogens is 539 g/mol. The van der Waals surface area contributed by atoms with Gasteiger partial charge in [-0.1, -0.05) is 163 Å². The van der Waals surface area contributed by atoms with E-state index in [1.54, 1.807) is 12.8 Å². The van der Waals surface area contributed by atoms with Crippen LogP contribution in [-0.2, 0) is 0 Å². The van der Waals surface area contributed by atoms with E-state index in [1.807, 2.05) is 36.4 Å². The number of rotatable bonds is 4. The Labute approximate surface area is 279 Å². The molecule has 0 aromatic heterocycles. The Hall–Kier alpha value is 1.48. The molecule has 6 heteroatoms. The van der Waals surface area contributed by atoms with E-state index in [2.05, 4.69) is 117 Å². The molecule has 0 nitrogen and oxygen atoms in total. The van der Waals surface area contributed by atoms with Crippen LogP contribution in [0.1, 0.15) is 24.0 Å². The largest absolute Gasteiger partial charge is 1.00 e. The van der Waals surface area contributed by atoms with Gasteiger partial charge in [0.15, 0.2) is 0 Å². The van der Waals surface area contributed by atoms with Gasteiger partial charge >= 0.3 is 51.4 Å². The van der Waals surface area contributed by atoms with Crippen LogP contribution in [0.3, 0.4) is 0 Å². The van der Waals surface area contributed by atoms with E-state index in [-0.39, 0.29) is 51.4 Å². The molecule has 1 aliphatic heterocycles. The average molecular weight is 595 g/mol. The molecule has 36 heavy (non-hydrogen) atoms. The summed E-state index contributed by atoms with van der Waals surface area (Å²) in [7, 11) is -4.45. The number of benzene rings is 2. The van der Waals surface area contributed by atoms with Crippen molar-refractivity contribution < 1.29 is 51.4 Å². The topological polar surface area (TPSA) is 0 Å². The van der Waals surface area contributed by atoms with E-state index < -0.39 is 32.3 Å². The van der Waals surface area contributed by atoms with Crippen LogP contribution >= 0.6 is 0 Å². The Balaban J connectivity index is 0.000000659. The van der Waals surface area contributed by atoms with Crippen LogP contribution in [0.25, 0.3) is 0 Å². The molecule has 0 N–H and O–H groups in total. The molecule has 0 atom stereocenters. The molecule has 196 valence electrons. The number of hydrogen-bond donors (Lipinski definition) is 0. The van der Waals surface area contributed by atoms with Crippen molar-refractivity contribution in [2.75, 3.05) is 0 Å². The van der Waals surface area contributed by atoms with E-state index in [9.17, 15) is 0 Å². The Bertz CT molecular complexity index is 786. The zero-order valence-corrected chi connectivity index (χ0v) is 35.0. The second-order valence-corrected chi connectivity index (χ2v) is 42.0. The van der Waals surface area contributed by atoms with Gasteiger partial charge in [0.05, 0.1) is 0 Å². The first-order valence-electron chi connectivity index (χ1n) is 13.6. The van der Waals surface area contributed by atoms with Gasteiger partial charge in [-0.3, -0.25) is 15.2 Å². The monoisotopic (exact) mass is 594 g/mol. The van der Waals surface area contributed by atoms with Gasteiger partial charge in [-0.15, -0.1) is 0 Å². The number of aryl methyl sites for hydroxylation is 2. The van der Waals surface area contributed by atoms with Gasteiger partial charge in [-0.25, -0.2) is 7.05 Å². The Morgan fingerprint density at radius 1 is 0.472 bits per heavy atom. The fraction of sp³-hybridized carbons (Fsp3) is 0.600. The minimum Gasteiger partial charge on any atom is -0.255 e. The Morgan fingerprint density at radius 2 is 0.694 bits per heavy atom. The second kappa shape index (κ2) is 14.4. The van der Waals surface area contributed by atoms with E-state index >= 15 is 0 Å². The summed E-state index contributed by atoms with van der Waals surface area (Å²) >= 11 is 0.636. The fourth-order valence-electron chi connectivity index (χ4n) is 6.64. The molecule has 0 amide bonds. The Kier molecular flexibility index (Phi) is 15.0. The van der Waals surface area contributed by atoms with E-state index in [4.69, 9.17) is 0 Å². The maximum Gasteiger partial charge on any atom is 1.00 e. The summed E-state index contributed by atoms with van der Waals surface area (Å²) in [5, 5.41) is 0. The Morgan fingerprint density at radius 3 is 0.806 bits per heavy atom. The zero-order chi connectivity index (χ0) is 27.3. The molecule has 1 aliphatic rings. The summed E-state index contributed by atoms with van der Waals surface area (Å²) in [4.78, 5) is 0. The molecule has 2 aromatic rings. The van der Waals surface area contributed by atoms with Crippen molar-refractivity contribution in [3.8, 4) is 0 Å². The second-order valence-electron chi connectivity index (χ2n) is 14.9. The summed E-state index contributed by atoms with van der Waals surface area (Å²) in [5.74, 6) is 0. The number of hydrogen-bond acceptors (Lipinski definition) is 0. The van der Waals surface area contributed by atoms with Gasteiger partial charge < -0.3 is 0 Å². The quantitative estimate of drug-likeness (QED) is 0.326. The van der Waals surface area contributed by atoms with E-state index in [1.165, 1.54) is 11.1 Å². The van der Waals surface area contributed by atoms with Gasteiger partial charge in [0.1, 0.15) is 0 Å². The smallest absolute Gasteiger partial charge is 0.255 e. The van der Waals surface area contributed by atoms with Gasteiger partial charge in [-0.05, 0) is 13.8 Å². The molecular formula is C30H56AlKSi4. The van der Waals surface area contributed by atoms with E-state index in [0.717, 1.165) is 7.05 Å². The first kappa shape index (κ1) is 37.5. The third-order valence-electron chi connectivity index (χ3n) is 8.64. The van der Waals surface area contributed by atoms with Crippen molar-refractivity contribution in [2.45, 2.75) is 112 Å². The van der Waals surface area contributed by atoms with Crippen LogP contribution in [0.4, 0.5) is 0 Å². The third-order valence-corrected chi connectivity index (χ3v) is 43.0. The standard InChI is InChI=1S/C16H40Si4.2C7H8.Al.K/c1-17(2,3)15(18(4,5)6)13-14-16(19(7,8)9)20(10,11)12;2*1-7-5-3-2-4-6-7;;/h13-14H2,1-12H3;2*2-6H,1H3;;/q;;;-1;+1. The van der Waals surface area contributed by atoms with Gasteiger partial charge in [0.25, 0.3) is 0 Å². The van der Waals surface area contributed by atoms with Gasteiger partial charge in [0, 0.05) is 32.3 Å². The van der Waals surface area contributed by atoms with Crippen LogP contribution in [0, 0.1) is 13.8 Å². The maximum absolute atomic E-state index is 2.70. The minimum atomic E-state index is -1.11. The molecule has 1 heterocycles. The first-order valence-corrected chi connectivity index (χ1v) is 28.8. The van der Waals surface area contributed by atoms with Crippen molar-refractivity contribution in [1.82, 2.24) is 0 Å². The SMILES string of the molecule is C[Si](C)(C)[C]1([Si](C)(C)C)CC[C]([Si](C)(C)C)([Si](C)(C)C)[Al-]1.Cc1ccccc1.Cc1ccccc1.[K+]. The molecule has 2 aromatic carbocycles. The van der Waals surface area contributed by atoms with Crippen molar-refractivity contribution in [3.05, 3.63) is 71.8 Å². The van der Waals surface area contributed by atoms with Crippen LogP contribution < -0.4 is 51.4 Å². The maximum atomic E-state index is 2.70. The molecule has 3 rings (SSSR count). The molecule has 0 bridgehead atoms. The summed E-state index contributed by atoms with van der Waals surface area (Å²) in [5.41, 5.74) is 2.64. The molecule has 1 saturated heterocycles. The van der Waals surface area contributed by atoms with E-state index in [0.29, 0.717) is 15.2 Å². The first-order chi connectivity index (χ1) is 15.7. The molecule has 0 unspecified atom stereocenters. The van der Waals surface area contributed by atoms with Crippen molar-refractivity contribution in [2.24, 2.45) is 0 Å². The third kappa shape index (κ3) is 9.54. The van der Waals surface area contributed by atoms with Crippen LogP contribution in [0.15, 0.2) is 60.7 Å². The average Bonchev–Trinajstić information content (AvgIpc) is 3.14. The van der Waals surface area contributed by atoms with Gasteiger partial charge in [-0.2, -0.15) is 0 Å². The normalized spacial score (nSPS) is 17.1. The molecule has 0 saturated carbocycles. The van der Waals surface area contributed by atoms with Crippen molar-refractivity contribution >= 4 is 47.5 Å². The predicted octanol–water partition coefficient (Wildman–Crippen LogP) is 7.31. The van der Waals surface area contributed by atoms with Crippen molar-refractivity contribution in [1.29, 1.82) is 0 Å². The molecule has 0 spiro atoms. The summed E-state index contributed by atoms with van der Waals surface area (Å²) in [6.07, 6.45) is 3.20. The molecule has 0 aliphatic carbocycles. The molecule has 1 fully saturated rings. The fourth-order valence-corrected chi connectivity index (χ4v) is 41.2. The van der Waals surface area contributed by atoms with Crippen LogP contribution in [0.5, 0.6) is 0 Å².